The van der Waals surface area contributed by atoms with E-state index in [0.29, 0.717) is 13.0 Å². The number of hydrogen-bond acceptors (Lipinski definition) is 2. The Morgan fingerprint density at radius 3 is 2.29 bits per heavy atom. The molecular weight excluding hydrogens is 298 g/mol. The highest BCUT2D eigenvalue weighted by Crippen LogP contribution is 2.32. The molecule has 2 aromatic rings. The predicted octanol–water partition coefficient (Wildman–Crippen LogP) is 3.31. The minimum absolute atomic E-state index is 0.110. The summed E-state index contributed by atoms with van der Waals surface area (Å²) in [6.07, 6.45) is 4.10. The molecule has 0 fully saturated rings. The normalized spacial score (nSPS) is 15.0. The van der Waals surface area contributed by atoms with E-state index in [1.165, 1.54) is 16.7 Å². The van der Waals surface area contributed by atoms with Gasteiger partial charge in [0, 0.05) is 32.9 Å². The van der Waals surface area contributed by atoms with Crippen LogP contribution in [0, 0.1) is 0 Å². The summed E-state index contributed by atoms with van der Waals surface area (Å²) in [6.45, 7) is 0.572. The zero-order valence-corrected chi connectivity index (χ0v) is 14.3. The van der Waals surface area contributed by atoms with E-state index in [0.717, 1.165) is 25.7 Å². The molecule has 3 nitrogen and oxygen atoms in total. The number of ether oxygens (including phenoxy) is 1. The summed E-state index contributed by atoms with van der Waals surface area (Å²) in [4.78, 5) is 12.2. The smallest absolute Gasteiger partial charge is 0.220 e. The molecule has 1 aliphatic carbocycles. The van der Waals surface area contributed by atoms with Crippen LogP contribution in [0.15, 0.2) is 54.6 Å². The van der Waals surface area contributed by atoms with Gasteiger partial charge < -0.3 is 10.1 Å². The lowest BCUT2D eigenvalue weighted by molar-refractivity contribution is -0.122. The zero-order valence-electron chi connectivity index (χ0n) is 14.3. The highest BCUT2D eigenvalue weighted by atomic mass is 16.5. The molecule has 1 amide bonds. The van der Waals surface area contributed by atoms with Gasteiger partial charge in [0.05, 0.1) is 5.60 Å². The first kappa shape index (κ1) is 16.7. The fourth-order valence-corrected chi connectivity index (χ4v) is 3.45. The number of amides is 1. The average Bonchev–Trinajstić information content (AvgIpc) is 3.00. The maximum absolute atomic E-state index is 12.2. The largest absolute Gasteiger partial charge is 0.376 e. The van der Waals surface area contributed by atoms with Crippen LogP contribution in [0.5, 0.6) is 0 Å². The highest BCUT2D eigenvalue weighted by Gasteiger charge is 2.37. The summed E-state index contributed by atoms with van der Waals surface area (Å²) < 4.78 is 5.79. The second-order valence-electron chi connectivity index (χ2n) is 6.63. The highest BCUT2D eigenvalue weighted by molar-refractivity contribution is 5.76. The number of hydrogen-bond donors (Lipinski definition) is 1. The van der Waals surface area contributed by atoms with Crippen LogP contribution in [0.1, 0.15) is 29.5 Å². The molecule has 0 saturated carbocycles. The fraction of sp³-hybridized carbons (Fsp3) is 0.381. The Morgan fingerprint density at radius 2 is 1.67 bits per heavy atom. The zero-order chi connectivity index (χ0) is 16.8. The number of carbonyl (C=O) groups is 1. The first-order chi connectivity index (χ1) is 11.7. The van der Waals surface area contributed by atoms with Gasteiger partial charge in [-0.1, -0.05) is 54.6 Å². The lowest BCUT2D eigenvalue weighted by Gasteiger charge is -2.27. The molecule has 0 aromatic heterocycles. The second-order valence-corrected chi connectivity index (χ2v) is 6.63. The minimum Gasteiger partial charge on any atom is -0.376 e. The summed E-state index contributed by atoms with van der Waals surface area (Å²) >= 11 is 0. The minimum atomic E-state index is -0.293. The van der Waals surface area contributed by atoms with Gasteiger partial charge in [0.15, 0.2) is 0 Å². The number of carbonyl (C=O) groups excluding carboxylic acids is 1. The lowest BCUT2D eigenvalue weighted by Crippen LogP contribution is -2.45. The van der Waals surface area contributed by atoms with Gasteiger partial charge >= 0.3 is 0 Å². The van der Waals surface area contributed by atoms with Gasteiger partial charge in [-0.25, -0.2) is 0 Å². The maximum atomic E-state index is 12.2. The first-order valence-electron chi connectivity index (χ1n) is 8.63. The summed E-state index contributed by atoms with van der Waals surface area (Å²) in [6, 6.07) is 18.7. The molecule has 24 heavy (non-hydrogen) atoms. The van der Waals surface area contributed by atoms with E-state index < -0.39 is 0 Å². The quantitative estimate of drug-likeness (QED) is 0.849. The van der Waals surface area contributed by atoms with Gasteiger partial charge in [0.25, 0.3) is 0 Å². The molecule has 2 aromatic carbocycles. The van der Waals surface area contributed by atoms with Crippen LogP contribution < -0.4 is 5.32 Å². The van der Waals surface area contributed by atoms with E-state index in [1.807, 2.05) is 18.2 Å². The fourth-order valence-electron chi connectivity index (χ4n) is 3.45. The number of fused-ring (bicyclic) bond motifs is 1. The van der Waals surface area contributed by atoms with E-state index in [9.17, 15) is 4.79 Å². The topological polar surface area (TPSA) is 38.3 Å². The summed E-state index contributed by atoms with van der Waals surface area (Å²) in [5.41, 5.74) is 3.65. The number of nitrogens with one attached hydrogen (secondary N) is 1. The van der Waals surface area contributed by atoms with Crippen molar-refractivity contribution >= 4 is 5.91 Å². The molecule has 0 spiro atoms. The van der Waals surface area contributed by atoms with Crippen molar-refractivity contribution < 1.29 is 9.53 Å². The maximum Gasteiger partial charge on any atom is 0.220 e. The van der Waals surface area contributed by atoms with Crippen molar-refractivity contribution in [1.82, 2.24) is 5.32 Å². The van der Waals surface area contributed by atoms with E-state index in [-0.39, 0.29) is 11.5 Å². The van der Waals surface area contributed by atoms with Crippen molar-refractivity contribution in [3.05, 3.63) is 71.3 Å². The van der Waals surface area contributed by atoms with Gasteiger partial charge in [-0.2, -0.15) is 0 Å². The molecule has 0 heterocycles. The summed E-state index contributed by atoms with van der Waals surface area (Å²) in [5, 5.41) is 3.07. The molecule has 3 rings (SSSR count). The van der Waals surface area contributed by atoms with Crippen molar-refractivity contribution in [2.24, 2.45) is 0 Å². The Kier molecular flexibility index (Phi) is 5.31. The lowest BCUT2D eigenvalue weighted by atomic mass is 10.00. The molecule has 0 aliphatic heterocycles. The van der Waals surface area contributed by atoms with Gasteiger partial charge in [0.2, 0.25) is 5.91 Å². The predicted molar refractivity (Wildman–Crippen MR) is 96.0 cm³/mol. The summed E-state index contributed by atoms with van der Waals surface area (Å²) in [7, 11) is 1.74. The average molecular weight is 323 g/mol. The third kappa shape index (κ3) is 4.04. The molecule has 0 saturated heterocycles. The Hall–Kier alpha value is -2.13. The van der Waals surface area contributed by atoms with E-state index in [1.54, 1.807) is 7.11 Å². The first-order valence-corrected chi connectivity index (χ1v) is 8.63. The number of methoxy groups -OCH3 is 1. The van der Waals surface area contributed by atoms with Crippen LogP contribution in [0.25, 0.3) is 0 Å². The SMILES string of the molecule is COC1(CNC(=O)CCCc2ccccc2)Cc2ccccc2C1. The van der Waals surface area contributed by atoms with Crippen molar-refractivity contribution in [2.45, 2.75) is 37.7 Å². The van der Waals surface area contributed by atoms with Gasteiger partial charge in [-0.3, -0.25) is 4.79 Å². The molecule has 3 heteroatoms. The van der Waals surface area contributed by atoms with Crippen LogP contribution >= 0.6 is 0 Å². The van der Waals surface area contributed by atoms with Crippen LogP contribution in [-0.4, -0.2) is 25.2 Å². The molecule has 1 N–H and O–H groups in total. The van der Waals surface area contributed by atoms with E-state index in [4.69, 9.17) is 4.74 Å². The molecule has 126 valence electrons. The van der Waals surface area contributed by atoms with Crippen LogP contribution in [-0.2, 0) is 28.8 Å². The van der Waals surface area contributed by atoms with Crippen LogP contribution in [0.3, 0.4) is 0 Å². The number of rotatable bonds is 7. The Labute approximate surface area is 144 Å². The molecule has 0 radical (unpaired) electrons. The summed E-state index contributed by atoms with van der Waals surface area (Å²) in [5.74, 6) is 0.110. The Morgan fingerprint density at radius 1 is 1.04 bits per heavy atom. The Balaban J connectivity index is 1.45. The third-order valence-corrected chi connectivity index (χ3v) is 4.90. The van der Waals surface area contributed by atoms with E-state index >= 15 is 0 Å². The standard InChI is InChI=1S/C21H25NO2/c1-24-21(14-18-11-5-6-12-19(18)15-21)16-22-20(23)13-7-10-17-8-3-2-4-9-17/h2-6,8-9,11-12H,7,10,13-16H2,1H3,(H,22,23). The Bertz CT molecular complexity index is 656. The van der Waals surface area contributed by atoms with Crippen LogP contribution in [0.2, 0.25) is 0 Å². The molecule has 0 bridgehead atoms. The van der Waals surface area contributed by atoms with Gasteiger partial charge in [-0.15, -0.1) is 0 Å². The molecule has 0 unspecified atom stereocenters. The van der Waals surface area contributed by atoms with Crippen molar-refractivity contribution in [3.63, 3.8) is 0 Å². The van der Waals surface area contributed by atoms with Crippen molar-refractivity contribution in [3.8, 4) is 0 Å². The number of benzene rings is 2. The van der Waals surface area contributed by atoms with E-state index in [2.05, 4.69) is 41.7 Å². The molecule has 1 aliphatic rings. The van der Waals surface area contributed by atoms with Crippen molar-refractivity contribution in [1.29, 1.82) is 0 Å². The molecule has 0 atom stereocenters. The van der Waals surface area contributed by atoms with Gasteiger partial charge in [-0.05, 0) is 29.5 Å². The molecular formula is C21H25NO2. The van der Waals surface area contributed by atoms with Crippen LogP contribution in [0.4, 0.5) is 0 Å². The third-order valence-electron chi connectivity index (χ3n) is 4.90. The monoisotopic (exact) mass is 323 g/mol. The second kappa shape index (κ2) is 7.63. The van der Waals surface area contributed by atoms with Gasteiger partial charge in [0.1, 0.15) is 0 Å². The number of aryl methyl sites for hydroxylation is 1. The van der Waals surface area contributed by atoms with Crippen molar-refractivity contribution in [2.75, 3.05) is 13.7 Å².